The normalized spacial score (nSPS) is 14.3. The summed E-state index contributed by atoms with van der Waals surface area (Å²) in [6.45, 7) is 0. The molecule has 1 aliphatic carbocycles. The van der Waals surface area contributed by atoms with Gasteiger partial charge in [0.1, 0.15) is 4.21 Å². The van der Waals surface area contributed by atoms with Crippen molar-refractivity contribution in [3.63, 3.8) is 0 Å². The van der Waals surface area contributed by atoms with Crippen LogP contribution in [-0.2, 0) is 27.5 Å². The molecule has 1 heterocycles. The van der Waals surface area contributed by atoms with Crippen LogP contribution in [0.25, 0.3) is 0 Å². The predicted molar refractivity (Wildman–Crippen MR) is 92.7 cm³/mol. The summed E-state index contributed by atoms with van der Waals surface area (Å²) >= 11 is 1.18. The van der Waals surface area contributed by atoms with E-state index >= 15 is 0 Å². The van der Waals surface area contributed by atoms with E-state index in [1.54, 1.807) is 17.5 Å². The van der Waals surface area contributed by atoms with Gasteiger partial charge < -0.3 is 5.32 Å². The van der Waals surface area contributed by atoms with Crippen molar-refractivity contribution in [1.82, 2.24) is 0 Å². The number of fused-ring (bicyclic) bond motifs is 1. The quantitative estimate of drug-likeness (QED) is 0.899. The molecule has 23 heavy (non-hydrogen) atoms. The Morgan fingerprint density at radius 3 is 2.74 bits per heavy atom. The Kier molecular flexibility index (Phi) is 4.82. The lowest BCUT2D eigenvalue weighted by atomic mass is 9.90. The molecule has 0 aliphatic heterocycles. The Labute approximate surface area is 140 Å². The molecule has 2 aromatic rings. The van der Waals surface area contributed by atoms with Gasteiger partial charge in [-0.05, 0) is 54.3 Å². The molecule has 0 fully saturated rings. The number of carbonyl (C=O) groups is 1. The van der Waals surface area contributed by atoms with Crippen LogP contribution < -0.4 is 5.32 Å². The van der Waals surface area contributed by atoms with Gasteiger partial charge in [-0.15, -0.1) is 11.3 Å². The molecule has 0 saturated carbocycles. The first-order chi connectivity index (χ1) is 11.1. The minimum Gasteiger partial charge on any atom is -0.326 e. The van der Waals surface area contributed by atoms with Crippen LogP contribution in [0.15, 0.2) is 39.9 Å². The smallest absolute Gasteiger partial charge is 0.225 e. The van der Waals surface area contributed by atoms with Crippen LogP contribution in [0.5, 0.6) is 0 Å². The molecule has 1 aliphatic rings. The summed E-state index contributed by atoms with van der Waals surface area (Å²) in [7, 11) is -3.36. The Hall–Kier alpha value is -1.66. The number of hydrogen-bond acceptors (Lipinski definition) is 4. The molecule has 4 nitrogen and oxygen atoms in total. The lowest BCUT2D eigenvalue weighted by Gasteiger charge is -2.19. The van der Waals surface area contributed by atoms with Crippen LogP contribution in [0, 0.1) is 0 Å². The van der Waals surface area contributed by atoms with E-state index in [9.17, 15) is 13.2 Å². The van der Waals surface area contributed by atoms with Crippen molar-refractivity contribution in [2.45, 2.75) is 36.3 Å². The lowest BCUT2D eigenvalue weighted by molar-refractivity contribution is -0.115. The third kappa shape index (κ3) is 3.82. The van der Waals surface area contributed by atoms with Gasteiger partial charge >= 0.3 is 0 Å². The second-order valence-corrected chi connectivity index (χ2v) is 8.98. The Bertz CT molecular complexity index is 795. The number of carbonyl (C=O) groups excluding carboxylic acids is 1. The third-order valence-electron chi connectivity index (χ3n) is 4.07. The Balaban J connectivity index is 1.64. The second kappa shape index (κ2) is 6.84. The van der Waals surface area contributed by atoms with Gasteiger partial charge in [0.25, 0.3) is 0 Å². The molecule has 0 radical (unpaired) electrons. The zero-order valence-electron chi connectivity index (χ0n) is 12.7. The lowest BCUT2D eigenvalue weighted by Crippen LogP contribution is -2.18. The number of nitrogens with one attached hydrogen (secondary N) is 1. The molecule has 1 aromatic heterocycles. The monoisotopic (exact) mass is 349 g/mol. The number of anilines is 1. The van der Waals surface area contributed by atoms with E-state index in [1.807, 2.05) is 12.1 Å². The number of rotatable bonds is 5. The van der Waals surface area contributed by atoms with Crippen molar-refractivity contribution >= 4 is 32.8 Å². The van der Waals surface area contributed by atoms with Gasteiger partial charge in [-0.25, -0.2) is 8.42 Å². The molecule has 0 atom stereocenters. The second-order valence-electron chi connectivity index (χ2n) is 5.70. The van der Waals surface area contributed by atoms with Crippen LogP contribution in [0.2, 0.25) is 0 Å². The number of thiophene rings is 1. The van der Waals surface area contributed by atoms with Crippen molar-refractivity contribution < 1.29 is 13.2 Å². The van der Waals surface area contributed by atoms with Gasteiger partial charge in [-0.2, -0.15) is 0 Å². The molecule has 6 heteroatoms. The minimum atomic E-state index is -3.36. The van der Waals surface area contributed by atoms with Crippen molar-refractivity contribution in [2.75, 3.05) is 11.1 Å². The molecule has 0 saturated heterocycles. The first kappa shape index (κ1) is 16.2. The Morgan fingerprint density at radius 2 is 1.96 bits per heavy atom. The van der Waals surface area contributed by atoms with Crippen molar-refractivity contribution in [3.8, 4) is 0 Å². The van der Waals surface area contributed by atoms with E-state index < -0.39 is 9.84 Å². The van der Waals surface area contributed by atoms with E-state index in [0.29, 0.717) is 4.21 Å². The molecule has 122 valence electrons. The number of sulfone groups is 1. The fourth-order valence-corrected chi connectivity index (χ4v) is 5.27. The highest BCUT2D eigenvalue weighted by molar-refractivity contribution is 7.93. The summed E-state index contributed by atoms with van der Waals surface area (Å²) in [5, 5.41) is 4.61. The van der Waals surface area contributed by atoms with Gasteiger partial charge in [0.15, 0.2) is 9.84 Å². The van der Waals surface area contributed by atoms with Crippen LogP contribution >= 0.6 is 11.3 Å². The molecule has 1 aromatic carbocycles. The standard InChI is InChI=1S/C17H19NO3S2/c19-16(10-12-23(20,21)17-9-4-11-22-17)18-15-8-3-6-13-5-1-2-7-14(13)15/h3-4,6,8-9,11H,1-2,5,7,10,12H2,(H,18,19). The minimum absolute atomic E-state index is 0.0239. The van der Waals surface area contributed by atoms with E-state index in [4.69, 9.17) is 0 Å². The largest absolute Gasteiger partial charge is 0.326 e. The van der Waals surface area contributed by atoms with Gasteiger partial charge in [-0.3, -0.25) is 4.79 Å². The molecule has 0 bridgehead atoms. The summed E-state index contributed by atoms with van der Waals surface area (Å²) in [6.07, 6.45) is 4.31. The van der Waals surface area contributed by atoms with Crippen LogP contribution in [0.3, 0.4) is 0 Å². The predicted octanol–water partition coefficient (Wildman–Crippen LogP) is 3.43. The van der Waals surface area contributed by atoms with Crippen LogP contribution in [-0.4, -0.2) is 20.1 Å². The van der Waals surface area contributed by atoms with Gasteiger partial charge in [0, 0.05) is 12.1 Å². The fraction of sp³-hybridized carbons (Fsp3) is 0.353. The summed E-state index contributed by atoms with van der Waals surface area (Å²) in [6, 6.07) is 9.22. The number of hydrogen-bond donors (Lipinski definition) is 1. The third-order valence-corrected chi connectivity index (χ3v) is 7.27. The van der Waals surface area contributed by atoms with Crippen LogP contribution in [0.1, 0.15) is 30.4 Å². The maximum Gasteiger partial charge on any atom is 0.225 e. The van der Waals surface area contributed by atoms with Crippen LogP contribution in [0.4, 0.5) is 5.69 Å². The highest BCUT2D eigenvalue weighted by Crippen LogP contribution is 2.28. The Morgan fingerprint density at radius 1 is 1.13 bits per heavy atom. The van der Waals surface area contributed by atoms with E-state index in [0.717, 1.165) is 24.9 Å². The molecule has 0 unspecified atom stereocenters. The highest BCUT2D eigenvalue weighted by Gasteiger charge is 2.19. The van der Waals surface area contributed by atoms with Crippen molar-refractivity contribution in [2.24, 2.45) is 0 Å². The fourth-order valence-electron chi connectivity index (χ4n) is 2.88. The van der Waals surface area contributed by atoms with Gasteiger partial charge in [-0.1, -0.05) is 18.2 Å². The average Bonchev–Trinajstić information content (AvgIpc) is 3.09. The van der Waals surface area contributed by atoms with E-state index in [-0.39, 0.29) is 18.1 Å². The average molecular weight is 349 g/mol. The van der Waals surface area contributed by atoms with Crippen molar-refractivity contribution in [1.29, 1.82) is 0 Å². The first-order valence-corrected chi connectivity index (χ1v) is 10.3. The van der Waals surface area contributed by atoms with Crippen molar-refractivity contribution in [3.05, 3.63) is 46.8 Å². The zero-order valence-corrected chi connectivity index (χ0v) is 14.4. The maximum absolute atomic E-state index is 12.1. The summed E-state index contributed by atoms with van der Waals surface area (Å²) in [5.41, 5.74) is 3.33. The van der Waals surface area contributed by atoms with E-state index in [2.05, 4.69) is 11.4 Å². The molecule has 3 rings (SSSR count). The van der Waals surface area contributed by atoms with Gasteiger partial charge in [0.2, 0.25) is 5.91 Å². The molecular weight excluding hydrogens is 330 g/mol. The number of amides is 1. The van der Waals surface area contributed by atoms with Gasteiger partial charge in [0.05, 0.1) is 5.75 Å². The highest BCUT2D eigenvalue weighted by atomic mass is 32.2. The maximum atomic E-state index is 12.1. The molecular formula is C17H19NO3S2. The summed E-state index contributed by atoms with van der Waals surface area (Å²) in [4.78, 5) is 12.1. The molecule has 1 amide bonds. The molecule has 1 N–H and O–H groups in total. The van der Waals surface area contributed by atoms with E-state index in [1.165, 1.54) is 28.9 Å². The first-order valence-electron chi connectivity index (χ1n) is 7.73. The topological polar surface area (TPSA) is 63.2 Å². The summed E-state index contributed by atoms with van der Waals surface area (Å²) in [5.74, 6) is -0.405. The zero-order chi connectivity index (χ0) is 16.3. The number of benzene rings is 1. The summed E-state index contributed by atoms with van der Waals surface area (Å²) < 4.78 is 24.5. The molecule has 0 spiro atoms. The SMILES string of the molecule is O=C(CCS(=O)(=O)c1cccs1)Nc1cccc2c1CCCC2. The number of aryl methyl sites for hydroxylation is 1.